The molecule has 0 aliphatic carbocycles. The fourth-order valence-corrected chi connectivity index (χ4v) is 1.49. The van der Waals surface area contributed by atoms with Gasteiger partial charge in [-0.15, -0.1) is 0 Å². The van der Waals surface area contributed by atoms with Crippen molar-refractivity contribution in [2.75, 3.05) is 6.61 Å². The molecular formula is C8H15NO6. The molecule has 1 aliphatic heterocycles. The molecule has 15 heavy (non-hydrogen) atoms. The number of hydrogen-bond donors (Lipinski definition) is 5. The molecule has 7 heteroatoms. The molecule has 1 rings (SSSR count). The summed E-state index contributed by atoms with van der Waals surface area (Å²) in [6, 6.07) is -1.10. The quantitative estimate of drug-likeness (QED) is 0.337. The van der Waals surface area contributed by atoms with Gasteiger partial charge in [-0.05, 0) is 0 Å². The van der Waals surface area contributed by atoms with Gasteiger partial charge in [-0.25, -0.2) is 0 Å². The van der Waals surface area contributed by atoms with E-state index in [1.807, 2.05) is 0 Å². The topological polar surface area (TPSA) is 119 Å². The van der Waals surface area contributed by atoms with Gasteiger partial charge in [-0.3, -0.25) is 4.79 Å². The zero-order chi connectivity index (χ0) is 11.6. The summed E-state index contributed by atoms with van der Waals surface area (Å²) in [5.74, 6) is -0.462. The Bertz CT molecular complexity index is 235. The molecule has 1 amide bonds. The Hall–Kier alpha value is -0.730. The van der Waals surface area contributed by atoms with Crippen LogP contribution in [0.25, 0.3) is 0 Å². The van der Waals surface area contributed by atoms with Crippen LogP contribution in [0.3, 0.4) is 0 Å². The minimum Gasteiger partial charge on any atom is -0.394 e. The lowest BCUT2D eigenvalue weighted by atomic mass is 9.97. The first-order valence-corrected chi connectivity index (χ1v) is 4.55. The van der Waals surface area contributed by atoms with Crippen molar-refractivity contribution < 1.29 is 30.0 Å². The van der Waals surface area contributed by atoms with Crippen LogP contribution in [0.1, 0.15) is 6.92 Å². The van der Waals surface area contributed by atoms with Crippen LogP contribution < -0.4 is 5.32 Å². The smallest absolute Gasteiger partial charge is 0.217 e. The van der Waals surface area contributed by atoms with Gasteiger partial charge >= 0.3 is 0 Å². The summed E-state index contributed by atoms with van der Waals surface area (Å²) >= 11 is 0. The van der Waals surface area contributed by atoms with Crippen LogP contribution in [-0.2, 0) is 9.53 Å². The molecule has 5 atom stereocenters. The Labute approximate surface area is 86.3 Å². The largest absolute Gasteiger partial charge is 0.394 e. The van der Waals surface area contributed by atoms with Crippen LogP contribution >= 0.6 is 0 Å². The number of ether oxygens (including phenoxy) is 1. The van der Waals surface area contributed by atoms with Gasteiger partial charge in [0, 0.05) is 6.92 Å². The number of aliphatic hydroxyl groups is 4. The van der Waals surface area contributed by atoms with E-state index in [4.69, 9.17) is 9.84 Å². The third-order valence-electron chi connectivity index (χ3n) is 2.27. The SMILES string of the molecule is CC(=O)N[C@@H]1C(O)C(O)C(CO)O[C@H]1O. The van der Waals surface area contributed by atoms with Crippen molar-refractivity contribution in [3.05, 3.63) is 0 Å². The van der Waals surface area contributed by atoms with Gasteiger partial charge in [0.1, 0.15) is 24.4 Å². The van der Waals surface area contributed by atoms with Crippen LogP contribution in [0.4, 0.5) is 0 Å². The number of amides is 1. The molecule has 0 radical (unpaired) electrons. The molecule has 1 heterocycles. The molecular weight excluding hydrogens is 206 g/mol. The van der Waals surface area contributed by atoms with Crippen LogP contribution in [0.2, 0.25) is 0 Å². The number of nitrogens with one attached hydrogen (secondary N) is 1. The average molecular weight is 221 g/mol. The third kappa shape index (κ3) is 2.64. The molecule has 0 aromatic rings. The second-order valence-corrected chi connectivity index (χ2v) is 3.46. The van der Waals surface area contributed by atoms with Gasteiger partial charge in [-0.1, -0.05) is 0 Å². The second kappa shape index (κ2) is 4.86. The highest BCUT2D eigenvalue weighted by atomic mass is 16.6. The molecule has 0 spiro atoms. The van der Waals surface area contributed by atoms with E-state index in [2.05, 4.69) is 5.32 Å². The van der Waals surface area contributed by atoms with E-state index in [1.165, 1.54) is 6.92 Å². The minimum absolute atomic E-state index is 0.462. The third-order valence-corrected chi connectivity index (χ3v) is 2.27. The normalized spacial score (nSPS) is 41.3. The number of carbonyl (C=O) groups excluding carboxylic acids is 1. The summed E-state index contributed by atoms with van der Waals surface area (Å²) in [6.45, 7) is 0.687. The standard InChI is InChI=1S/C8H15NO6/c1-3(11)9-5-7(13)6(12)4(2-10)15-8(5)14/h4-8,10,12-14H,2H2,1H3,(H,9,11)/t4?,5-,6?,7?,8-/m1/s1. The maximum absolute atomic E-state index is 10.7. The molecule has 1 aliphatic rings. The molecule has 7 nitrogen and oxygen atoms in total. The molecule has 1 saturated heterocycles. The van der Waals surface area contributed by atoms with Gasteiger partial charge in [0.05, 0.1) is 6.61 Å². The lowest BCUT2D eigenvalue weighted by Crippen LogP contribution is -2.63. The lowest BCUT2D eigenvalue weighted by Gasteiger charge is -2.40. The number of aliphatic hydroxyl groups excluding tert-OH is 4. The van der Waals surface area contributed by atoms with Gasteiger partial charge in [-0.2, -0.15) is 0 Å². The molecule has 0 bridgehead atoms. The molecule has 0 aromatic heterocycles. The molecule has 5 N–H and O–H groups in total. The second-order valence-electron chi connectivity index (χ2n) is 3.46. The number of rotatable bonds is 2. The van der Waals surface area contributed by atoms with E-state index in [9.17, 15) is 20.1 Å². The highest BCUT2D eigenvalue weighted by Crippen LogP contribution is 2.19. The van der Waals surface area contributed by atoms with Crippen LogP contribution in [0.5, 0.6) is 0 Å². The van der Waals surface area contributed by atoms with Crippen molar-refractivity contribution in [3.63, 3.8) is 0 Å². The van der Waals surface area contributed by atoms with E-state index in [-0.39, 0.29) is 0 Å². The molecule has 1 fully saturated rings. The maximum Gasteiger partial charge on any atom is 0.217 e. The van der Waals surface area contributed by atoms with Crippen molar-refractivity contribution >= 4 is 5.91 Å². The zero-order valence-electron chi connectivity index (χ0n) is 8.20. The molecule has 3 unspecified atom stereocenters. The predicted molar refractivity (Wildman–Crippen MR) is 47.6 cm³/mol. The van der Waals surface area contributed by atoms with E-state index >= 15 is 0 Å². The van der Waals surface area contributed by atoms with Gasteiger partial charge in [0.2, 0.25) is 5.91 Å². The lowest BCUT2D eigenvalue weighted by molar-refractivity contribution is -0.253. The minimum atomic E-state index is -1.45. The van der Waals surface area contributed by atoms with Gasteiger partial charge in [0.25, 0.3) is 0 Å². The Balaban J connectivity index is 2.70. The zero-order valence-corrected chi connectivity index (χ0v) is 8.20. The Kier molecular flexibility index (Phi) is 4.00. The van der Waals surface area contributed by atoms with E-state index in [0.29, 0.717) is 0 Å². The summed E-state index contributed by atoms with van der Waals surface area (Å²) in [5, 5.41) is 39.4. The van der Waals surface area contributed by atoms with Crippen molar-refractivity contribution in [2.24, 2.45) is 0 Å². The number of carbonyl (C=O) groups is 1. The van der Waals surface area contributed by atoms with Crippen LogP contribution in [0.15, 0.2) is 0 Å². The first kappa shape index (κ1) is 12.3. The van der Waals surface area contributed by atoms with Gasteiger partial charge < -0.3 is 30.5 Å². The van der Waals surface area contributed by atoms with Crippen molar-refractivity contribution in [3.8, 4) is 0 Å². The Morgan fingerprint density at radius 2 is 1.93 bits per heavy atom. The monoisotopic (exact) mass is 221 g/mol. The van der Waals surface area contributed by atoms with Crippen molar-refractivity contribution in [1.82, 2.24) is 5.32 Å². The Morgan fingerprint density at radius 3 is 2.40 bits per heavy atom. The highest BCUT2D eigenvalue weighted by Gasteiger charge is 2.43. The number of hydrogen-bond acceptors (Lipinski definition) is 6. The first-order chi connectivity index (χ1) is 6.97. The van der Waals surface area contributed by atoms with Crippen LogP contribution in [0, 0.1) is 0 Å². The van der Waals surface area contributed by atoms with E-state index in [0.717, 1.165) is 0 Å². The molecule has 0 aromatic carbocycles. The summed E-state index contributed by atoms with van der Waals surface area (Å²) < 4.78 is 4.81. The maximum atomic E-state index is 10.7. The molecule has 88 valence electrons. The summed E-state index contributed by atoms with van der Waals surface area (Å²) in [5.41, 5.74) is 0. The highest BCUT2D eigenvalue weighted by molar-refractivity contribution is 5.73. The first-order valence-electron chi connectivity index (χ1n) is 4.55. The van der Waals surface area contributed by atoms with E-state index < -0.39 is 43.2 Å². The van der Waals surface area contributed by atoms with Gasteiger partial charge in [0.15, 0.2) is 6.29 Å². The fraction of sp³-hybridized carbons (Fsp3) is 0.875. The Morgan fingerprint density at radius 1 is 1.33 bits per heavy atom. The average Bonchev–Trinajstić information content (AvgIpc) is 2.18. The van der Waals surface area contributed by atoms with Crippen molar-refractivity contribution in [2.45, 2.75) is 37.6 Å². The summed E-state index contributed by atoms with van der Waals surface area (Å²) in [7, 11) is 0. The predicted octanol–water partition coefficient (Wildman–Crippen LogP) is -3.08. The van der Waals surface area contributed by atoms with E-state index in [1.54, 1.807) is 0 Å². The van der Waals surface area contributed by atoms with Crippen LogP contribution in [-0.4, -0.2) is 63.6 Å². The summed E-state index contributed by atoms with van der Waals surface area (Å²) in [4.78, 5) is 10.7. The van der Waals surface area contributed by atoms with Crippen molar-refractivity contribution in [1.29, 1.82) is 0 Å². The molecule has 0 saturated carbocycles. The summed E-state index contributed by atoms with van der Waals surface area (Å²) in [6.07, 6.45) is -5.24. The fourth-order valence-electron chi connectivity index (χ4n) is 1.49.